The van der Waals surface area contributed by atoms with Gasteiger partial charge < -0.3 is 9.64 Å². The van der Waals surface area contributed by atoms with E-state index >= 15 is 0 Å². The molecule has 1 saturated heterocycles. The van der Waals surface area contributed by atoms with Crippen molar-refractivity contribution in [2.75, 3.05) is 32.8 Å². The highest BCUT2D eigenvalue weighted by atomic mass is 35.5. The largest absolute Gasteiger partial charge is 0.492 e. The SMILES string of the molecule is O=C(C1COc2ccc(Cl)cc2C1)N1CCCN(C2CC2)CC1. The van der Waals surface area contributed by atoms with Crippen LogP contribution >= 0.6 is 11.6 Å². The zero-order valence-electron chi connectivity index (χ0n) is 13.3. The number of hydrogen-bond acceptors (Lipinski definition) is 3. The summed E-state index contributed by atoms with van der Waals surface area (Å²) >= 11 is 6.07. The average molecular weight is 335 g/mol. The van der Waals surface area contributed by atoms with Crippen LogP contribution in [0.25, 0.3) is 0 Å². The number of ether oxygens (including phenoxy) is 1. The van der Waals surface area contributed by atoms with Crippen molar-refractivity contribution in [1.29, 1.82) is 0 Å². The summed E-state index contributed by atoms with van der Waals surface area (Å²) < 4.78 is 5.79. The smallest absolute Gasteiger partial charge is 0.229 e. The molecule has 5 heteroatoms. The van der Waals surface area contributed by atoms with Crippen molar-refractivity contribution < 1.29 is 9.53 Å². The minimum atomic E-state index is -0.0755. The van der Waals surface area contributed by atoms with E-state index in [-0.39, 0.29) is 11.8 Å². The Kier molecular flexibility index (Phi) is 4.20. The third kappa shape index (κ3) is 3.33. The van der Waals surface area contributed by atoms with Gasteiger partial charge in [-0.15, -0.1) is 0 Å². The molecule has 0 N–H and O–H groups in total. The molecular formula is C18H23ClN2O2. The average Bonchev–Trinajstić information content (AvgIpc) is 3.39. The van der Waals surface area contributed by atoms with Gasteiger partial charge in [0.25, 0.3) is 0 Å². The van der Waals surface area contributed by atoms with Crippen LogP contribution in [0.2, 0.25) is 5.02 Å². The number of rotatable bonds is 2. The third-order valence-electron chi connectivity index (χ3n) is 5.18. The first-order valence-corrected chi connectivity index (χ1v) is 9.02. The fourth-order valence-electron chi connectivity index (χ4n) is 3.74. The molecular weight excluding hydrogens is 312 g/mol. The highest BCUT2D eigenvalue weighted by Crippen LogP contribution is 2.31. The Labute approximate surface area is 142 Å². The Balaban J connectivity index is 1.41. The summed E-state index contributed by atoms with van der Waals surface area (Å²) in [5.74, 6) is 1.04. The van der Waals surface area contributed by atoms with Crippen LogP contribution in [0.4, 0.5) is 0 Å². The Morgan fingerprint density at radius 2 is 2.04 bits per heavy atom. The third-order valence-corrected chi connectivity index (χ3v) is 5.42. The summed E-state index contributed by atoms with van der Waals surface area (Å²) in [6.45, 7) is 4.37. The molecule has 2 heterocycles. The molecule has 0 spiro atoms. The molecule has 2 fully saturated rings. The predicted octanol–water partition coefficient (Wildman–Crippen LogP) is 2.59. The van der Waals surface area contributed by atoms with Gasteiger partial charge in [0.15, 0.2) is 0 Å². The number of hydrogen-bond donors (Lipinski definition) is 0. The molecule has 3 aliphatic rings. The maximum atomic E-state index is 12.9. The van der Waals surface area contributed by atoms with Crippen molar-refractivity contribution in [3.8, 4) is 5.75 Å². The molecule has 1 aliphatic carbocycles. The lowest BCUT2D eigenvalue weighted by Gasteiger charge is -2.30. The monoisotopic (exact) mass is 334 g/mol. The van der Waals surface area contributed by atoms with Crippen LogP contribution in [0.15, 0.2) is 18.2 Å². The number of halogens is 1. The van der Waals surface area contributed by atoms with E-state index in [4.69, 9.17) is 16.3 Å². The van der Waals surface area contributed by atoms with Crippen molar-refractivity contribution in [2.24, 2.45) is 5.92 Å². The van der Waals surface area contributed by atoms with Gasteiger partial charge in [-0.3, -0.25) is 9.69 Å². The lowest BCUT2D eigenvalue weighted by atomic mass is 9.95. The molecule has 0 bridgehead atoms. The number of carbonyl (C=O) groups excluding carboxylic acids is 1. The van der Waals surface area contributed by atoms with E-state index in [0.717, 1.165) is 56.4 Å². The quantitative estimate of drug-likeness (QED) is 0.833. The molecule has 1 aromatic carbocycles. The molecule has 0 radical (unpaired) electrons. The van der Waals surface area contributed by atoms with Crippen LogP contribution in [0.5, 0.6) is 5.75 Å². The zero-order valence-corrected chi connectivity index (χ0v) is 14.1. The summed E-state index contributed by atoms with van der Waals surface area (Å²) in [7, 11) is 0. The summed E-state index contributed by atoms with van der Waals surface area (Å²) in [5.41, 5.74) is 1.05. The first kappa shape index (κ1) is 15.3. The van der Waals surface area contributed by atoms with E-state index in [1.807, 2.05) is 23.1 Å². The van der Waals surface area contributed by atoms with Gasteiger partial charge in [0.1, 0.15) is 12.4 Å². The zero-order chi connectivity index (χ0) is 15.8. The number of fused-ring (bicyclic) bond motifs is 1. The van der Waals surface area contributed by atoms with Crippen LogP contribution in [-0.2, 0) is 11.2 Å². The van der Waals surface area contributed by atoms with E-state index in [2.05, 4.69) is 4.90 Å². The second-order valence-electron chi connectivity index (χ2n) is 6.91. The number of benzene rings is 1. The van der Waals surface area contributed by atoms with E-state index in [0.29, 0.717) is 11.6 Å². The minimum Gasteiger partial charge on any atom is -0.492 e. The van der Waals surface area contributed by atoms with Crippen LogP contribution < -0.4 is 4.74 Å². The Bertz CT molecular complexity index is 603. The summed E-state index contributed by atoms with van der Waals surface area (Å²) in [6, 6.07) is 6.45. The van der Waals surface area contributed by atoms with Crippen molar-refractivity contribution in [3.05, 3.63) is 28.8 Å². The highest BCUT2D eigenvalue weighted by molar-refractivity contribution is 6.30. The molecule has 2 aliphatic heterocycles. The molecule has 1 unspecified atom stereocenters. The van der Waals surface area contributed by atoms with Gasteiger partial charge in [0, 0.05) is 37.2 Å². The lowest BCUT2D eigenvalue weighted by Crippen LogP contribution is -2.42. The van der Waals surface area contributed by atoms with E-state index < -0.39 is 0 Å². The summed E-state index contributed by atoms with van der Waals surface area (Å²) in [5, 5.41) is 0.704. The van der Waals surface area contributed by atoms with E-state index in [9.17, 15) is 4.79 Å². The lowest BCUT2D eigenvalue weighted by molar-refractivity contribution is -0.136. The predicted molar refractivity (Wildman–Crippen MR) is 89.9 cm³/mol. The molecule has 1 aromatic rings. The van der Waals surface area contributed by atoms with Crippen molar-refractivity contribution in [2.45, 2.75) is 31.7 Å². The van der Waals surface area contributed by atoms with Crippen molar-refractivity contribution in [3.63, 3.8) is 0 Å². The molecule has 124 valence electrons. The van der Waals surface area contributed by atoms with Crippen LogP contribution in [-0.4, -0.2) is 54.5 Å². The van der Waals surface area contributed by atoms with Gasteiger partial charge in [-0.2, -0.15) is 0 Å². The standard InChI is InChI=1S/C18H23ClN2O2/c19-15-2-5-17-13(11-15)10-14(12-23-17)18(22)21-7-1-6-20(8-9-21)16-3-4-16/h2,5,11,14,16H,1,3-4,6-10,12H2. The Hall–Kier alpha value is -1.26. The molecule has 1 amide bonds. The van der Waals surface area contributed by atoms with Gasteiger partial charge in [-0.25, -0.2) is 0 Å². The first-order valence-electron chi connectivity index (χ1n) is 8.65. The molecule has 1 saturated carbocycles. The maximum absolute atomic E-state index is 12.9. The van der Waals surface area contributed by atoms with Crippen LogP contribution in [0, 0.1) is 5.92 Å². The highest BCUT2D eigenvalue weighted by Gasteiger charge is 2.33. The molecule has 4 rings (SSSR count). The van der Waals surface area contributed by atoms with E-state index in [1.54, 1.807) is 0 Å². The normalized spacial score (nSPS) is 25.4. The Morgan fingerprint density at radius 3 is 2.87 bits per heavy atom. The Morgan fingerprint density at radius 1 is 1.17 bits per heavy atom. The molecule has 4 nitrogen and oxygen atoms in total. The molecule has 23 heavy (non-hydrogen) atoms. The van der Waals surface area contributed by atoms with Gasteiger partial charge in [0.05, 0.1) is 5.92 Å². The van der Waals surface area contributed by atoms with Gasteiger partial charge >= 0.3 is 0 Å². The van der Waals surface area contributed by atoms with E-state index in [1.165, 1.54) is 12.8 Å². The van der Waals surface area contributed by atoms with Crippen molar-refractivity contribution >= 4 is 17.5 Å². The summed E-state index contributed by atoms with van der Waals surface area (Å²) in [6.07, 6.45) is 4.49. The van der Waals surface area contributed by atoms with Gasteiger partial charge in [0.2, 0.25) is 5.91 Å². The van der Waals surface area contributed by atoms with Crippen LogP contribution in [0.3, 0.4) is 0 Å². The van der Waals surface area contributed by atoms with Gasteiger partial charge in [-0.05, 0) is 49.4 Å². The van der Waals surface area contributed by atoms with Crippen molar-refractivity contribution in [1.82, 2.24) is 9.80 Å². The number of nitrogens with zero attached hydrogens (tertiary/aromatic N) is 2. The topological polar surface area (TPSA) is 32.8 Å². The number of amides is 1. The molecule has 0 aromatic heterocycles. The maximum Gasteiger partial charge on any atom is 0.229 e. The van der Waals surface area contributed by atoms with Gasteiger partial charge in [-0.1, -0.05) is 11.6 Å². The minimum absolute atomic E-state index is 0.0755. The second-order valence-corrected chi connectivity index (χ2v) is 7.35. The summed E-state index contributed by atoms with van der Waals surface area (Å²) in [4.78, 5) is 17.5. The fourth-order valence-corrected chi connectivity index (χ4v) is 3.94. The fraction of sp³-hybridized carbons (Fsp3) is 0.611. The molecule has 1 atom stereocenters. The first-order chi connectivity index (χ1) is 11.2. The number of carbonyl (C=O) groups is 1. The second kappa shape index (κ2) is 6.33. The van der Waals surface area contributed by atoms with Crippen LogP contribution in [0.1, 0.15) is 24.8 Å².